The highest BCUT2D eigenvalue weighted by atomic mass is 16.4. The Kier molecular flexibility index (Phi) is 6.22. The molecule has 156 valence electrons. The van der Waals surface area contributed by atoms with Crippen LogP contribution in [-0.2, 0) is 13.0 Å². The second-order valence-corrected chi connectivity index (χ2v) is 7.71. The normalized spacial score (nSPS) is 10.9. The summed E-state index contributed by atoms with van der Waals surface area (Å²) in [5.41, 5.74) is 3.72. The number of carbonyl (C=O) groups is 1. The lowest BCUT2D eigenvalue weighted by atomic mass is 9.98. The number of rotatable bonds is 7. The molecular formula is C26H25N3O2. The monoisotopic (exact) mass is 411 g/mol. The number of amides is 1. The van der Waals surface area contributed by atoms with Gasteiger partial charge in [-0.3, -0.25) is 4.79 Å². The van der Waals surface area contributed by atoms with E-state index in [1.54, 1.807) is 4.90 Å². The second-order valence-electron chi connectivity index (χ2n) is 7.71. The van der Waals surface area contributed by atoms with Gasteiger partial charge in [0.05, 0.1) is 6.54 Å². The molecule has 0 radical (unpaired) electrons. The molecule has 0 fully saturated rings. The van der Waals surface area contributed by atoms with Gasteiger partial charge in [0.1, 0.15) is 0 Å². The fourth-order valence-electron chi connectivity index (χ4n) is 3.50. The Hall–Kier alpha value is -3.73. The first-order chi connectivity index (χ1) is 15.1. The SMILES string of the molecule is CC(C)N(Cc1nnc(-c2ccccc2)o1)C(=O)c1ccccc1Cc1ccccc1. The Labute approximate surface area is 182 Å². The van der Waals surface area contributed by atoms with Crippen molar-refractivity contribution in [2.24, 2.45) is 0 Å². The number of aromatic nitrogens is 2. The van der Waals surface area contributed by atoms with E-state index in [2.05, 4.69) is 22.3 Å². The van der Waals surface area contributed by atoms with Gasteiger partial charge >= 0.3 is 0 Å². The van der Waals surface area contributed by atoms with E-state index < -0.39 is 0 Å². The Morgan fingerprint density at radius 2 is 1.52 bits per heavy atom. The van der Waals surface area contributed by atoms with E-state index in [1.165, 1.54) is 5.56 Å². The molecule has 0 atom stereocenters. The van der Waals surface area contributed by atoms with Crippen molar-refractivity contribution in [2.45, 2.75) is 32.9 Å². The third-order valence-electron chi connectivity index (χ3n) is 5.16. The zero-order chi connectivity index (χ0) is 21.6. The predicted octanol–water partition coefficient (Wildman–Crippen LogP) is 5.38. The standard InChI is InChI=1S/C26H25N3O2/c1-19(2)29(18-24-27-28-25(31-24)21-13-7-4-8-14-21)26(30)23-16-10-9-15-22(23)17-20-11-5-3-6-12-20/h3-16,19H,17-18H2,1-2H3. The Balaban J connectivity index is 1.57. The summed E-state index contributed by atoms with van der Waals surface area (Å²) in [7, 11) is 0. The Morgan fingerprint density at radius 1 is 0.871 bits per heavy atom. The van der Waals surface area contributed by atoms with Gasteiger partial charge < -0.3 is 9.32 Å². The first-order valence-corrected chi connectivity index (χ1v) is 10.4. The van der Waals surface area contributed by atoms with E-state index in [9.17, 15) is 4.79 Å². The molecule has 0 aliphatic rings. The van der Waals surface area contributed by atoms with E-state index in [0.29, 0.717) is 23.8 Å². The summed E-state index contributed by atoms with van der Waals surface area (Å²) in [5.74, 6) is 0.832. The van der Waals surface area contributed by atoms with Crippen LogP contribution in [0, 0.1) is 0 Å². The maximum Gasteiger partial charge on any atom is 0.254 e. The van der Waals surface area contributed by atoms with Gasteiger partial charge in [0.25, 0.3) is 5.91 Å². The minimum Gasteiger partial charge on any atom is -0.419 e. The summed E-state index contributed by atoms with van der Waals surface area (Å²) in [4.78, 5) is 15.3. The molecule has 1 amide bonds. The van der Waals surface area contributed by atoms with Crippen LogP contribution in [0.15, 0.2) is 89.3 Å². The van der Waals surface area contributed by atoms with E-state index in [4.69, 9.17) is 4.42 Å². The van der Waals surface area contributed by atoms with Crippen LogP contribution in [0.2, 0.25) is 0 Å². The van der Waals surface area contributed by atoms with Crippen molar-refractivity contribution in [3.8, 4) is 11.5 Å². The lowest BCUT2D eigenvalue weighted by Crippen LogP contribution is -2.37. The average molecular weight is 412 g/mol. The molecule has 5 nitrogen and oxygen atoms in total. The maximum absolute atomic E-state index is 13.5. The average Bonchev–Trinajstić information content (AvgIpc) is 3.27. The van der Waals surface area contributed by atoms with Crippen molar-refractivity contribution in [1.29, 1.82) is 0 Å². The van der Waals surface area contributed by atoms with E-state index in [0.717, 1.165) is 11.1 Å². The van der Waals surface area contributed by atoms with Gasteiger partial charge in [0.15, 0.2) is 0 Å². The van der Waals surface area contributed by atoms with Crippen LogP contribution in [0.3, 0.4) is 0 Å². The molecule has 1 heterocycles. The molecule has 5 heteroatoms. The quantitative estimate of drug-likeness (QED) is 0.410. The van der Waals surface area contributed by atoms with Crippen molar-refractivity contribution in [3.63, 3.8) is 0 Å². The van der Waals surface area contributed by atoms with Gasteiger partial charge in [-0.1, -0.05) is 66.7 Å². The second kappa shape index (κ2) is 9.39. The first-order valence-electron chi connectivity index (χ1n) is 10.4. The van der Waals surface area contributed by atoms with Gasteiger partial charge in [0.2, 0.25) is 11.8 Å². The van der Waals surface area contributed by atoms with Crippen LogP contribution >= 0.6 is 0 Å². The van der Waals surface area contributed by atoms with E-state index in [-0.39, 0.29) is 18.5 Å². The number of hydrogen-bond acceptors (Lipinski definition) is 4. The molecule has 31 heavy (non-hydrogen) atoms. The van der Waals surface area contributed by atoms with Gasteiger partial charge in [-0.15, -0.1) is 10.2 Å². The number of benzene rings is 3. The third-order valence-corrected chi connectivity index (χ3v) is 5.16. The molecule has 0 saturated carbocycles. The van der Waals surface area contributed by atoms with Crippen LogP contribution in [0.1, 0.15) is 41.2 Å². The molecule has 4 rings (SSSR count). The van der Waals surface area contributed by atoms with Crippen molar-refractivity contribution < 1.29 is 9.21 Å². The van der Waals surface area contributed by atoms with Crippen LogP contribution in [0.25, 0.3) is 11.5 Å². The first kappa shape index (κ1) is 20.5. The highest BCUT2D eigenvalue weighted by Crippen LogP contribution is 2.21. The van der Waals surface area contributed by atoms with Crippen molar-refractivity contribution in [3.05, 3.63) is 108 Å². The summed E-state index contributed by atoms with van der Waals surface area (Å²) in [5, 5.41) is 8.32. The summed E-state index contributed by atoms with van der Waals surface area (Å²) < 4.78 is 5.85. The van der Waals surface area contributed by atoms with Crippen LogP contribution < -0.4 is 0 Å². The van der Waals surface area contributed by atoms with Crippen molar-refractivity contribution >= 4 is 5.91 Å². The summed E-state index contributed by atoms with van der Waals surface area (Å²) in [6, 6.07) is 27.5. The number of hydrogen-bond donors (Lipinski definition) is 0. The lowest BCUT2D eigenvalue weighted by Gasteiger charge is -2.26. The molecular weight excluding hydrogens is 386 g/mol. The topological polar surface area (TPSA) is 59.2 Å². The van der Waals surface area contributed by atoms with Crippen LogP contribution in [0.5, 0.6) is 0 Å². The maximum atomic E-state index is 13.5. The highest BCUT2D eigenvalue weighted by Gasteiger charge is 2.24. The molecule has 0 saturated heterocycles. The molecule has 1 aromatic heterocycles. The van der Waals surface area contributed by atoms with E-state index >= 15 is 0 Å². The van der Waals surface area contributed by atoms with Crippen LogP contribution in [0.4, 0.5) is 0 Å². The Morgan fingerprint density at radius 3 is 2.23 bits per heavy atom. The minimum atomic E-state index is -0.0407. The smallest absolute Gasteiger partial charge is 0.254 e. The molecule has 0 aliphatic carbocycles. The zero-order valence-electron chi connectivity index (χ0n) is 17.7. The summed E-state index contributed by atoms with van der Waals surface area (Å²) in [6.07, 6.45) is 0.702. The fraction of sp³-hybridized carbons (Fsp3) is 0.192. The number of carbonyl (C=O) groups excluding carboxylic acids is 1. The fourth-order valence-corrected chi connectivity index (χ4v) is 3.50. The van der Waals surface area contributed by atoms with Crippen molar-refractivity contribution in [2.75, 3.05) is 0 Å². The molecule has 0 N–H and O–H groups in total. The van der Waals surface area contributed by atoms with Crippen molar-refractivity contribution in [1.82, 2.24) is 15.1 Å². The van der Waals surface area contributed by atoms with E-state index in [1.807, 2.05) is 86.6 Å². The Bertz CT molecular complexity index is 1140. The molecule has 0 unspecified atom stereocenters. The predicted molar refractivity (Wildman–Crippen MR) is 120 cm³/mol. The van der Waals surface area contributed by atoms with Crippen LogP contribution in [-0.4, -0.2) is 27.0 Å². The molecule has 0 spiro atoms. The summed E-state index contributed by atoms with van der Waals surface area (Å²) >= 11 is 0. The van der Waals surface area contributed by atoms with Gasteiger partial charge in [-0.2, -0.15) is 0 Å². The van der Waals surface area contributed by atoms with Gasteiger partial charge in [-0.05, 0) is 49.6 Å². The third kappa shape index (κ3) is 4.89. The number of nitrogens with zero attached hydrogens (tertiary/aromatic N) is 3. The zero-order valence-corrected chi connectivity index (χ0v) is 17.7. The molecule has 0 aliphatic heterocycles. The minimum absolute atomic E-state index is 0.0237. The van der Waals surface area contributed by atoms with Gasteiger partial charge in [0, 0.05) is 17.2 Å². The molecule has 0 bridgehead atoms. The van der Waals surface area contributed by atoms with Gasteiger partial charge in [-0.25, -0.2) is 0 Å². The molecule has 4 aromatic rings. The summed E-state index contributed by atoms with van der Waals surface area (Å²) in [6.45, 7) is 4.24. The molecule has 3 aromatic carbocycles. The lowest BCUT2D eigenvalue weighted by molar-refractivity contribution is 0.0671. The highest BCUT2D eigenvalue weighted by molar-refractivity contribution is 5.96. The largest absolute Gasteiger partial charge is 0.419 e.